The maximum atomic E-state index is 12.4. The van der Waals surface area contributed by atoms with Crippen molar-refractivity contribution in [2.75, 3.05) is 86.3 Å². The van der Waals surface area contributed by atoms with Gasteiger partial charge in [-0.2, -0.15) is 4.98 Å². The number of nitrogens with one attached hydrogen (secondary N) is 2. The van der Waals surface area contributed by atoms with Gasteiger partial charge in [-0.25, -0.2) is 13.4 Å². The van der Waals surface area contributed by atoms with Crippen LogP contribution >= 0.6 is 27.5 Å². The average Bonchev–Trinajstić information content (AvgIpc) is 3.47. The molecule has 12 nitrogen and oxygen atoms in total. The number of halogens is 2. The fraction of sp³-hybridized carbons (Fsp3) is 0.467. The molecule has 0 amide bonds. The standard InChI is InChI=1S/C30H38BrClN8O4S/c1-19-13-23(22(32)14-25(19)40-7-5-20(6-8-40)39-11-9-37(2)10-12-39)35-30-33-17-21(31)29(36-30)34-24-15-27-28(44-18-43-27)16-26(24)38(3)45(4,41)42/h13-17,20H,5-12,18H2,1-4H3,(H2,33,34,35,36). The third-order valence-corrected chi connectivity index (χ3v) is 10.8. The molecule has 0 aliphatic carbocycles. The molecule has 3 aliphatic heterocycles. The molecule has 0 atom stereocenters. The number of sulfonamides is 1. The second-order valence-corrected chi connectivity index (χ2v) is 15.0. The SMILES string of the molecule is Cc1cc(Nc2ncc(Br)c(Nc3cc4c(cc3N(C)S(C)(=O)=O)OCO4)n2)c(Cl)cc1N1CCC(N2CCN(C)CC2)CC1. The highest BCUT2D eigenvalue weighted by atomic mass is 79.9. The zero-order valence-corrected chi connectivity index (χ0v) is 29.0. The van der Waals surface area contributed by atoms with Crippen molar-refractivity contribution in [1.82, 2.24) is 19.8 Å². The quantitative estimate of drug-likeness (QED) is 0.327. The van der Waals surface area contributed by atoms with Gasteiger partial charge in [-0.15, -0.1) is 0 Å². The summed E-state index contributed by atoms with van der Waals surface area (Å²) in [5, 5.41) is 7.07. The molecule has 15 heteroatoms. The number of rotatable bonds is 8. The molecule has 2 fully saturated rings. The van der Waals surface area contributed by atoms with Gasteiger partial charge in [0.2, 0.25) is 22.8 Å². The fourth-order valence-corrected chi connectivity index (χ4v) is 7.00. The van der Waals surface area contributed by atoms with Crippen molar-refractivity contribution in [2.45, 2.75) is 25.8 Å². The predicted octanol–water partition coefficient (Wildman–Crippen LogP) is 5.03. The van der Waals surface area contributed by atoms with Crippen LogP contribution in [-0.2, 0) is 10.0 Å². The first kappa shape index (κ1) is 31.9. The molecule has 3 aliphatic rings. The van der Waals surface area contributed by atoms with Crippen LogP contribution in [0, 0.1) is 6.92 Å². The molecule has 6 rings (SSSR count). The number of fused-ring (bicyclic) bond motifs is 1. The van der Waals surface area contributed by atoms with Gasteiger partial charge in [0, 0.05) is 76.4 Å². The number of aromatic nitrogens is 2. The van der Waals surface area contributed by atoms with E-state index in [0.717, 1.165) is 69.6 Å². The molecular formula is C30H38BrClN8O4S. The number of benzene rings is 2. The Balaban J connectivity index is 1.18. The second kappa shape index (κ2) is 13.0. The molecule has 0 saturated carbocycles. The summed E-state index contributed by atoms with van der Waals surface area (Å²) in [4.78, 5) is 16.6. The lowest BCUT2D eigenvalue weighted by atomic mass is 10.0. The number of piperazine rings is 1. The zero-order valence-electron chi connectivity index (χ0n) is 25.8. The first-order valence-electron chi connectivity index (χ1n) is 14.9. The fourth-order valence-electron chi connectivity index (χ4n) is 6.00. The summed E-state index contributed by atoms with van der Waals surface area (Å²) >= 11 is 10.3. The lowest BCUT2D eigenvalue weighted by molar-refractivity contribution is 0.0982. The number of hydrogen-bond donors (Lipinski definition) is 2. The largest absolute Gasteiger partial charge is 0.454 e. The number of ether oxygens (including phenoxy) is 2. The minimum Gasteiger partial charge on any atom is -0.454 e. The molecule has 3 aromatic rings. The van der Waals surface area contributed by atoms with Gasteiger partial charge < -0.3 is 29.9 Å². The Hall–Kier alpha value is -3.04. The van der Waals surface area contributed by atoms with Gasteiger partial charge in [0.05, 0.1) is 32.8 Å². The summed E-state index contributed by atoms with van der Waals surface area (Å²) in [5.41, 5.74) is 3.80. The molecule has 1 aromatic heterocycles. The maximum Gasteiger partial charge on any atom is 0.232 e. The second-order valence-electron chi connectivity index (χ2n) is 11.8. The molecule has 2 saturated heterocycles. The number of piperidine rings is 1. The number of likely N-dealkylation sites (N-methyl/N-ethyl adjacent to an activating group) is 1. The Kier molecular flexibility index (Phi) is 9.21. The van der Waals surface area contributed by atoms with E-state index in [1.807, 2.05) is 12.1 Å². The summed E-state index contributed by atoms with van der Waals surface area (Å²) in [7, 11) is 0.114. The van der Waals surface area contributed by atoms with Gasteiger partial charge in [-0.1, -0.05) is 11.6 Å². The molecule has 242 valence electrons. The summed E-state index contributed by atoms with van der Waals surface area (Å²) in [6.07, 6.45) is 5.05. The third-order valence-electron chi connectivity index (χ3n) is 8.72. The summed E-state index contributed by atoms with van der Waals surface area (Å²) in [5.74, 6) is 1.70. The zero-order chi connectivity index (χ0) is 31.9. The van der Waals surface area contributed by atoms with E-state index in [2.05, 4.69) is 65.2 Å². The van der Waals surface area contributed by atoms with E-state index in [1.54, 1.807) is 18.3 Å². The summed E-state index contributed by atoms with van der Waals surface area (Å²) in [6.45, 7) is 8.74. The molecule has 0 spiro atoms. The van der Waals surface area contributed by atoms with Gasteiger partial charge >= 0.3 is 0 Å². The third kappa shape index (κ3) is 7.04. The van der Waals surface area contributed by atoms with E-state index in [-0.39, 0.29) is 6.79 Å². The molecule has 0 bridgehead atoms. The van der Waals surface area contributed by atoms with Crippen molar-refractivity contribution in [2.24, 2.45) is 0 Å². The van der Waals surface area contributed by atoms with Gasteiger partial charge in [-0.3, -0.25) is 9.21 Å². The van der Waals surface area contributed by atoms with Crippen LogP contribution in [0.1, 0.15) is 18.4 Å². The van der Waals surface area contributed by atoms with Crippen molar-refractivity contribution in [3.63, 3.8) is 0 Å². The lowest BCUT2D eigenvalue weighted by Gasteiger charge is -2.43. The van der Waals surface area contributed by atoms with Crippen LogP contribution < -0.4 is 29.3 Å². The first-order chi connectivity index (χ1) is 21.5. The van der Waals surface area contributed by atoms with Crippen molar-refractivity contribution in [1.29, 1.82) is 0 Å². The summed E-state index contributed by atoms with van der Waals surface area (Å²) in [6, 6.07) is 8.00. The molecule has 0 radical (unpaired) electrons. The van der Waals surface area contributed by atoms with E-state index >= 15 is 0 Å². The van der Waals surface area contributed by atoms with Crippen LogP contribution in [0.2, 0.25) is 5.02 Å². The Morgan fingerprint density at radius 2 is 1.69 bits per heavy atom. The van der Waals surface area contributed by atoms with Gasteiger partial charge in [0.15, 0.2) is 11.5 Å². The van der Waals surface area contributed by atoms with Crippen molar-refractivity contribution in [3.05, 3.63) is 45.5 Å². The Morgan fingerprint density at radius 1 is 1.00 bits per heavy atom. The highest BCUT2D eigenvalue weighted by Gasteiger charge is 2.28. The number of nitrogens with zero attached hydrogens (tertiary/aromatic N) is 6. The highest BCUT2D eigenvalue weighted by molar-refractivity contribution is 9.10. The Labute approximate surface area is 277 Å². The topological polar surface area (TPSA) is 115 Å². The molecule has 0 unspecified atom stereocenters. The van der Waals surface area contributed by atoms with Crippen LogP contribution in [-0.4, -0.2) is 101 Å². The van der Waals surface area contributed by atoms with Crippen LogP contribution in [0.4, 0.5) is 34.5 Å². The maximum absolute atomic E-state index is 12.4. The molecule has 2 N–H and O–H groups in total. The Bertz CT molecular complexity index is 1680. The van der Waals surface area contributed by atoms with Gasteiger partial charge in [0.25, 0.3) is 0 Å². The van der Waals surface area contributed by atoms with Gasteiger partial charge in [0.1, 0.15) is 5.82 Å². The first-order valence-corrected chi connectivity index (χ1v) is 17.9. The van der Waals surface area contributed by atoms with Gasteiger partial charge in [-0.05, 0) is 60.4 Å². The van der Waals surface area contributed by atoms with Crippen molar-refractivity contribution < 1.29 is 17.9 Å². The highest BCUT2D eigenvalue weighted by Crippen LogP contribution is 2.43. The molecule has 45 heavy (non-hydrogen) atoms. The van der Waals surface area contributed by atoms with Crippen LogP contribution in [0.5, 0.6) is 11.5 Å². The van der Waals surface area contributed by atoms with E-state index in [1.165, 1.54) is 11.4 Å². The monoisotopic (exact) mass is 720 g/mol. The average molecular weight is 722 g/mol. The van der Waals surface area contributed by atoms with E-state index in [4.69, 9.17) is 21.1 Å². The normalized spacial score (nSPS) is 17.9. The smallest absolute Gasteiger partial charge is 0.232 e. The molecule has 2 aromatic carbocycles. The number of aryl methyl sites for hydroxylation is 1. The number of anilines is 6. The minimum absolute atomic E-state index is 0.0555. The molecule has 4 heterocycles. The molecular weight excluding hydrogens is 684 g/mol. The lowest BCUT2D eigenvalue weighted by Crippen LogP contribution is -2.52. The van der Waals surface area contributed by atoms with Crippen molar-refractivity contribution >= 4 is 72.1 Å². The van der Waals surface area contributed by atoms with E-state index in [9.17, 15) is 8.42 Å². The van der Waals surface area contributed by atoms with Crippen LogP contribution in [0.15, 0.2) is 34.9 Å². The minimum atomic E-state index is -3.56. The number of hydrogen-bond acceptors (Lipinski definition) is 11. The van der Waals surface area contributed by atoms with Crippen molar-refractivity contribution in [3.8, 4) is 11.5 Å². The summed E-state index contributed by atoms with van der Waals surface area (Å²) < 4.78 is 37.6. The van der Waals surface area contributed by atoms with E-state index < -0.39 is 10.0 Å². The predicted molar refractivity (Wildman–Crippen MR) is 183 cm³/mol. The van der Waals surface area contributed by atoms with E-state index in [0.29, 0.717) is 55.9 Å². The van der Waals surface area contributed by atoms with Crippen LogP contribution in [0.3, 0.4) is 0 Å². The Morgan fingerprint density at radius 3 is 2.38 bits per heavy atom. The van der Waals surface area contributed by atoms with Crippen LogP contribution in [0.25, 0.3) is 0 Å².